The molecule has 2 N–H and O–H groups in total. The molecule has 1 aromatic rings. The Hall–Kier alpha value is -1.39. The van der Waals surface area contributed by atoms with Crippen LogP contribution in [0.3, 0.4) is 0 Å². The summed E-state index contributed by atoms with van der Waals surface area (Å²) in [5, 5.41) is 12.4. The van der Waals surface area contributed by atoms with E-state index in [1.165, 1.54) is 0 Å². The van der Waals surface area contributed by atoms with Gasteiger partial charge in [0.1, 0.15) is 0 Å². The quantitative estimate of drug-likeness (QED) is 0.852. The molecule has 0 bridgehead atoms. The minimum Gasteiger partial charge on any atom is -0.481 e. The molecule has 2 atom stereocenters. The topological polar surface area (TPSA) is 58.6 Å². The molecule has 1 aliphatic heterocycles. The van der Waals surface area contributed by atoms with Gasteiger partial charge in [-0.3, -0.25) is 4.79 Å². The van der Waals surface area contributed by atoms with Crippen molar-refractivity contribution in [3.8, 4) is 0 Å². The molecule has 1 fully saturated rings. The van der Waals surface area contributed by atoms with Gasteiger partial charge >= 0.3 is 5.97 Å². The fraction of sp³-hybridized carbons (Fsp3) is 0.533. The van der Waals surface area contributed by atoms with Gasteiger partial charge in [-0.25, -0.2) is 0 Å². The maximum atomic E-state index is 10.8. The second kappa shape index (κ2) is 6.68. The third kappa shape index (κ3) is 4.33. The minimum atomic E-state index is -0.785. The molecule has 0 aliphatic carbocycles. The Morgan fingerprint density at radius 3 is 2.84 bits per heavy atom. The Kier molecular flexibility index (Phi) is 4.93. The Bertz CT molecular complexity index is 433. The Labute approximate surface area is 113 Å². The smallest absolute Gasteiger partial charge is 0.307 e. The van der Waals surface area contributed by atoms with Crippen molar-refractivity contribution in [3.05, 3.63) is 35.4 Å². The monoisotopic (exact) mass is 263 g/mol. The first kappa shape index (κ1) is 14.0. The summed E-state index contributed by atoms with van der Waals surface area (Å²) in [5.41, 5.74) is 1.96. The first-order valence-corrected chi connectivity index (χ1v) is 6.78. The standard InChI is InChI=1S/C15H21NO3/c1-11-8-14(6-7-19-11)16-10-13-5-3-2-4-12(13)9-15(17)18/h2-5,11,14,16H,6-10H2,1H3,(H,17,18). The molecular weight excluding hydrogens is 242 g/mol. The number of carboxylic acids is 1. The van der Waals surface area contributed by atoms with Gasteiger partial charge in [-0.1, -0.05) is 24.3 Å². The maximum Gasteiger partial charge on any atom is 0.307 e. The largest absolute Gasteiger partial charge is 0.481 e. The highest BCUT2D eigenvalue weighted by Gasteiger charge is 2.18. The number of carbonyl (C=O) groups is 1. The first-order valence-electron chi connectivity index (χ1n) is 6.78. The van der Waals surface area contributed by atoms with Crippen LogP contribution < -0.4 is 5.32 Å². The van der Waals surface area contributed by atoms with Crippen molar-refractivity contribution in [2.45, 2.75) is 44.9 Å². The van der Waals surface area contributed by atoms with Crippen LogP contribution in [0.1, 0.15) is 30.9 Å². The molecule has 4 nitrogen and oxygen atoms in total. The molecule has 1 heterocycles. The van der Waals surface area contributed by atoms with Crippen LogP contribution in [0.15, 0.2) is 24.3 Å². The molecule has 4 heteroatoms. The van der Waals surface area contributed by atoms with Gasteiger partial charge in [-0.2, -0.15) is 0 Å². The lowest BCUT2D eigenvalue weighted by Crippen LogP contribution is -2.37. The van der Waals surface area contributed by atoms with Gasteiger partial charge in [0.15, 0.2) is 0 Å². The molecule has 0 amide bonds. The van der Waals surface area contributed by atoms with E-state index in [1.807, 2.05) is 24.3 Å². The van der Waals surface area contributed by atoms with E-state index in [1.54, 1.807) is 0 Å². The van der Waals surface area contributed by atoms with Gasteiger partial charge in [0.2, 0.25) is 0 Å². The summed E-state index contributed by atoms with van der Waals surface area (Å²) >= 11 is 0. The maximum absolute atomic E-state index is 10.8. The van der Waals surface area contributed by atoms with Crippen LogP contribution in [0.2, 0.25) is 0 Å². The van der Waals surface area contributed by atoms with Gasteiger partial charge in [-0.15, -0.1) is 0 Å². The highest BCUT2D eigenvalue weighted by atomic mass is 16.5. The number of hydrogen-bond donors (Lipinski definition) is 2. The van der Waals surface area contributed by atoms with Crippen LogP contribution in [-0.2, 0) is 22.5 Å². The van der Waals surface area contributed by atoms with Crippen LogP contribution in [0.5, 0.6) is 0 Å². The van der Waals surface area contributed by atoms with Crippen molar-refractivity contribution in [3.63, 3.8) is 0 Å². The van der Waals surface area contributed by atoms with Gasteiger partial charge in [-0.05, 0) is 30.9 Å². The van der Waals surface area contributed by atoms with Gasteiger partial charge in [0.05, 0.1) is 12.5 Å². The molecule has 1 saturated heterocycles. The molecule has 19 heavy (non-hydrogen) atoms. The van der Waals surface area contributed by atoms with Crippen LogP contribution in [-0.4, -0.2) is 29.8 Å². The van der Waals surface area contributed by atoms with E-state index >= 15 is 0 Å². The molecule has 0 aromatic heterocycles. The zero-order valence-corrected chi connectivity index (χ0v) is 11.3. The summed E-state index contributed by atoms with van der Waals surface area (Å²) in [7, 11) is 0. The molecule has 0 spiro atoms. The summed E-state index contributed by atoms with van der Waals surface area (Å²) in [5.74, 6) is -0.785. The molecule has 1 aliphatic rings. The minimum absolute atomic E-state index is 0.0854. The Balaban J connectivity index is 1.93. The number of nitrogens with one attached hydrogen (secondary N) is 1. The number of aliphatic carboxylic acids is 1. The SMILES string of the molecule is CC1CC(NCc2ccccc2CC(=O)O)CCO1. The average molecular weight is 263 g/mol. The second-order valence-electron chi connectivity index (χ2n) is 5.12. The molecule has 104 valence electrons. The number of carboxylic acid groups (broad SMARTS) is 1. The lowest BCUT2D eigenvalue weighted by molar-refractivity contribution is -0.136. The van der Waals surface area contributed by atoms with Crippen LogP contribution in [0.4, 0.5) is 0 Å². The van der Waals surface area contributed by atoms with Crippen molar-refractivity contribution in [2.24, 2.45) is 0 Å². The van der Waals surface area contributed by atoms with E-state index < -0.39 is 5.97 Å². The van der Waals surface area contributed by atoms with Crippen LogP contribution in [0, 0.1) is 0 Å². The number of ether oxygens (including phenoxy) is 1. The summed E-state index contributed by atoms with van der Waals surface area (Å²) in [6, 6.07) is 8.18. The van der Waals surface area contributed by atoms with Crippen molar-refractivity contribution in [1.29, 1.82) is 0 Å². The average Bonchev–Trinajstić information content (AvgIpc) is 2.37. The molecule has 2 unspecified atom stereocenters. The van der Waals surface area contributed by atoms with E-state index in [0.717, 1.165) is 37.1 Å². The zero-order chi connectivity index (χ0) is 13.7. The summed E-state index contributed by atoms with van der Waals surface area (Å²) in [6.45, 7) is 3.61. The van der Waals surface area contributed by atoms with E-state index in [2.05, 4.69) is 12.2 Å². The fourth-order valence-electron chi connectivity index (χ4n) is 2.50. The van der Waals surface area contributed by atoms with E-state index in [-0.39, 0.29) is 6.42 Å². The van der Waals surface area contributed by atoms with Crippen molar-refractivity contribution in [1.82, 2.24) is 5.32 Å². The third-order valence-electron chi connectivity index (χ3n) is 3.53. The molecule has 0 saturated carbocycles. The lowest BCUT2D eigenvalue weighted by Gasteiger charge is -2.28. The molecule has 0 radical (unpaired) electrons. The van der Waals surface area contributed by atoms with Crippen molar-refractivity contribution >= 4 is 5.97 Å². The van der Waals surface area contributed by atoms with Crippen molar-refractivity contribution < 1.29 is 14.6 Å². The van der Waals surface area contributed by atoms with Gasteiger partial charge in [0, 0.05) is 19.2 Å². The van der Waals surface area contributed by atoms with E-state index in [4.69, 9.17) is 9.84 Å². The summed E-state index contributed by atoms with van der Waals surface area (Å²) < 4.78 is 5.52. The summed E-state index contributed by atoms with van der Waals surface area (Å²) in [6.07, 6.45) is 2.43. The predicted molar refractivity (Wildman–Crippen MR) is 73.1 cm³/mol. The Morgan fingerprint density at radius 1 is 1.42 bits per heavy atom. The van der Waals surface area contributed by atoms with E-state index in [9.17, 15) is 4.79 Å². The van der Waals surface area contributed by atoms with Crippen molar-refractivity contribution in [2.75, 3.05) is 6.61 Å². The summed E-state index contributed by atoms with van der Waals surface area (Å²) in [4.78, 5) is 10.8. The predicted octanol–water partition coefficient (Wildman–Crippen LogP) is 1.97. The highest BCUT2D eigenvalue weighted by Crippen LogP contribution is 2.15. The number of rotatable bonds is 5. The molecule has 2 rings (SSSR count). The number of benzene rings is 1. The zero-order valence-electron chi connectivity index (χ0n) is 11.3. The van der Waals surface area contributed by atoms with E-state index in [0.29, 0.717) is 12.1 Å². The van der Waals surface area contributed by atoms with Crippen LogP contribution in [0.25, 0.3) is 0 Å². The first-order chi connectivity index (χ1) is 9.15. The van der Waals surface area contributed by atoms with Gasteiger partial charge < -0.3 is 15.2 Å². The number of hydrogen-bond acceptors (Lipinski definition) is 3. The highest BCUT2D eigenvalue weighted by molar-refractivity contribution is 5.70. The van der Waals surface area contributed by atoms with Crippen LogP contribution >= 0.6 is 0 Å². The lowest BCUT2D eigenvalue weighted by atomic mass is 10.0. The third-order valence-corrected chi connectivity index (χ3v) is 3.53. The molecule has 1 aromatic carbocycles. The van der Waals surface area contributed by atoms with Gasteiger partial charge in [0.25, 0.3) is 0 Å². The normalized spacial score (nSPS) is 23.2. The fourth-order valence-corrected chi connectivity index (χ4v) is 2.50. The second-order valence-corrected chi connectivity index (χ2v) is 5.12. The molecular formula is C15H21NO3. The Morgan fingerprint density at radius 2 is 2.16 bits per heavy atom.